The van der Waals surface area contributed by atoms with E-state index in [9.17, 15) is 8.42 Å². The maximum atomic E-state index is 10.6. The van der Waals surface area contributed by atoms with Crippen LogP contribution in [0.2, 0.25) is 0 Å². The Labute approximate surface area is 100 Å². The standard InChI is InChI=1S/C12H13NO3S/c14-17(15,16)9-3-6-12-11-5-2-1-4-10(11)7-8-13-12/h1-2,4-5,7-8H,3,6,9H2,(H,14,15,16). The summed E-state index contributed by atoms with van der Waals surface area (Å²) in [6.45, 7) is 0. The molecule has 1 aromatic carbocycles. The van der Waals surface area contributed by atoms with Gasteiger partial charge in [-0.15, -0.1) is 0 Å². The van der Waals surface area contributed by atoms with Crippen LogP contribution in [0.3, 0.4) is 0 Å². The van der Waals surface area contributed by atoms with Crippen molar-refractivity contribution in [2.45, 2.75) is 12.8 Å². The van der Waals surface area contributed by atoms with Crippen molar-refractivity contribution in [1.29, 1.82) is 0 Å². The smallest absolute Gasteiger partial charge is 0.264 e. The van der Waals surface area contributed by atoms with Gasteiger partial charge in [0.2, 0.25) is 0 Å². The third-order valence-corrected chi connectivity index (χ3v) is 3.38. The first-order valence-electron chi connectivity index (χ1n) is 5.34. The zero-order valence-corrected chi connectivity index (χ0v) is 10.0. The number of nitrogens with zero attached hydrogens (tertiary/aromatic N) is 1. The first-order valence-corrected chi connectivity index (χ1v) is 6.95. The summed E-state index contributed by atoms with van der Waals surface area (Å²) in [6.07, 6.45) is 2.63. The fourth-order valence-electron chi connectivity index (χ4n) is 1.80. The first kappa shape index (κ1) is 12.0. The van der Waals surface area contributed by atoms with E-state index >= 15 is 0 Å². The molecule has 0 radical (unpaired) electrons. The molecule has 0 saturated heterocycles. The topological polar surface area (TPSA) is 67.3 Å². The van der Waals surface area contributed by atoms with E-state index in [1.807, 2.05) is 30.3 Å². The van der Waals surface area contributed by atoms with E-state index in [-0.39, 0.29) is 5.75 Å². The average molecular weight is 251 g/mol. The Morgan fingerprint density at radius 2 is 1.94 bits per heavy atom. The van der Waals surface area contributed by atoms with E-state index in [0.717, 1.165) is 16.5 Å². The molecule has 1 N–H and O–H groups in total. The second kappa shape index (κ2) is 4.81. The fourth-order valence-corrected chi connectivity index (χ4v) is 2.31. The van der Waals surface area contributed by atoms with Crippen LogP contribution in [0.5, 0.6) is 0 Å². The van der Waals surface area contributed by atoms with Crippen LogP contribution in [0.25, 0.3) is 10.8 Å². The van der Waals surface area contributed by atoms with Crippen molar-refractivity contribution in [3.8, 4) is 0 Å². The van der Waals surface area contributed by atoms with E-state index in [0.29, 0.717) is 12.8 Å². The minimum atomic E-state index is -3.88. The van der Waals surface area contributed by atoms with Gasteiger partial charge in [-0.3, -0.25) is 9.54 Å². The zero-order chi connectivity index (χ0) is 12.3. The van der Waals surface area contributed by atoms with Gasteiger partial charge in [-0.05, 0) is 24.3 Å². The summed E-state index contributed by atoms with van der Waals surface area (Å²) in [5.74, 6) is -0.224. The molecule has 0 bridgehead atoms. The number of hydrogen-bond acceptors (Lipinski definition) is 3. The van der Waals surface area contributed by atoms with Gasteiger partial charge in [0.05, 0.1) is 5.75 Å². The van der Waals surface area contributed by atoms with Crippen molar-refractivity contribution >= 4 is 20.9 Å². The highest BCUT2D eigenvalue weighted by Crippen LogP contribution is 2.17. The van der Waals surface area contributed by atoms with E-state index in [1.165, 1.54) is 0 Å². The summed E-state index contributed by atoms with van der Waals surface area (Å²) < 4.78 is 29.9. The number of aryl methyl sites for hydroxylation is 1. The number of rotatable bonds is 4. The Kier molecular flexibility index (Phi) is 3.40. The molecule has 0 aliphatic carbocycles. The molecule has 90 valence electrons. The van der Waals surface area contributed by atoms with Gasteiger partial charge in [0.15, 0.2) is 0 Å². The Bertz CT molecular complexity index is 617. The number of pyridine rings is 1. The van der Waals surface area contributed by atoms with Gasteiger partial charge in [0.1, 0.15) is 0 Å². The van der Waals surface area contributed by atoms with Crippen LogP contribution in [0.1, 0.15) is 12.1 Å². The van der Waals surface area contributed by atoms with Gasteiger partial charge in [-0.1, -0.05) is 24.3 Å². The molecule has 0 amide bonds. The van der Waals surface area contributed by atoms with E-state index < -0.39 is 10.1 Å². The van der Waals surface area contributed by atoms with Crippen molar-refractivity contribution in [3.63, 3.8) is 0 Å². The Hall–Kier alpha value is -1.46. The molecule has 0 spiro atoms. The van der Waals surface area contributed by atoms with Crippen LogP contribution < -0.4 is 0 Å². The van der Waals surface area contributed by atoms with Crippen molar-refractivity contribution in [3.05, 3.63) is 42.2 Å². The van der Waals surface area contributed by atoms with Gasteiger partial charge in [-0.2, -0.15) is 8.42 Å². The van der Waals surface area contributed by atoms with Crippen molar-refractivity contribution in [2.24, 2.45) is 0 Å². The predicted octanol–water partition coefficient (Wildman–Crippen LogP) is 2.06. The lowest BCUT2D eigenvalue weighted by Gasteiger charge is -2.04. The molecule has 0 unspecified atom stereocenters. The molecule has 0 atom stereocenters. The highest BCUT2D eigenvalue weighted by Gasteiger charge is 2.06. The molecule has 2 rings (SSSR count). The summed E-state index contributed by atoms with van der Waals surface area (Å²) >= 11 is 0. The first-order chi connectivity index (χ1) is 8.06. The molecular weight excluding hydrogens is 238 g/mol. The molecule has 0 saturated carbocycles. The third-order valence-electron chi connectivity index (χ3n) is 2.57. The lowest BCUT2D eigenvalue weighted by molar-refractivity contribution is 0.481. The van der Waals surface area contributed by atoms with Crippen LogP contribution in [-0.2, 0) is 16.5 Å². The highest BCUT2D eigenvalue weighted by molar-refractivity contribution is 7.85. The lowest BCUT2D eigenvalue weighted by atomic mass is 10.1. The predicted molar refractivity (Wildman–Crippen MR) is 66.5 cm³/mol. The highest BCUT2D eigenvalue weighted by atomic mass is 32.2. The second-order valence-corrected chi connectivity index (χ2v) is 5.44. The second-order valence-electron chi connectivity index (χ2n) is 3.87. The zero-order valence-electron chi connectivity index (χ0n) is 9.20. The molecule has 0 fully saturated rings. The summed E-state index contributed by atoms with van der Waals surface area (Å²) in [4.78, 5) is 4.25. The monoisotopic (exact) mass is 251 g/mol. The van der Waals surface area contributed by atoms with E-state index in [1.54, 1.807) is 6.20 Å². The number of benzene rings is 1. The molecule has 5 heteroatoms. The minimum absolute atomic E-state index is 0.224. The average Bonchev–Trinajstić information content (AvgIpc) is 2.28. The summed E-state index contributed by atoms with van der Waals surface area (Å²) in [5, 5.41) is 2.12. The molecule has 4 nitrogen and oxygen atoms in total. The number of hydrogen-bond donors (Lipinski definition) is 1. The van der Waals surface area contributed by atoms with Gasteiger partial charge in [0.25, 0.3) is 10.1 Å². The number of fused-ring (bicyclic) bond motifs is 1. The largest absolute Gasteiger partial charge is 0.286 e. The van der Waals surface area contributed by atoms with Crippen LogP contribution in [0.4, 0.5) is 0 Å². The summed E-state index contributed by atoms with van der Waals surface area (Å²) in [6, 6.07) is 9.75. The van der Waals surface area contributed by atoms with Crippen molar-refractivity contribution < 1.29 is 13.0 Å². The van der Waals surface area contributed by atoms with E-state index in [2.05, 4.69) is 4.98 Å². The molecule has 0 aliphatic heterocycles. The lowest BCUT2D eigenvalue weighted by Crippen LogP contribution is -2.05. The molecular formula is C12H13NO3S. The van der Waals surface area contributed by atoms with Crippen molar-refractivity contribution in [1.82, 2.24) is 4.98 Å². The van der Waals surface area contributed by atoms with Crippen LogP contribution in [0, 0.1) is 0 Å². The summed E-state index contributed by atoms with van der Waals surface area (Å²) in [7, 11) is -3.88. The van der Waals surface area contributed by atoms with Gasteiger partial charge < -0.3 is 0 Å². The van der Waals surface area contributed by atoms with Gasteiger partial charge in [-0.25, -0.2) is 0 Å². The quantitative estimate of drug-likeness (QED) is 0.844. The normalized spacial score (nSPS) is 11.8. The minimum Gasteiger partial charge on any atom is -0.286 e. The van der Waals surface area contributed by atoms with E-state index in [4.69, 9.17) is 4.55 Å². The van der Waals surface area contributed by atoms with Crippen LogP contribution in [-0.4, -0.2) is 23.7 Å². The van der Waals surface area contributed by atoms with Gasteiger partial charge in [0, 0.05) is 17.3 Å². The van der Waals surface area contributed by atoms with Gasteiger partial charge >= 0.3 is 0 Å². The Balaban J connectivity index is 2.19. The Morgan fingerprint density at radius 3 is 2.71 bits per heavy atom. The SMILES string of the molecule is O=S(=O)(O)CCCc1nccc2ccccc12. The Morgan fingerprint density at radius 1 is 1.18 bits per heavy atom. The maximum absolute atomic E-state index is 10.6. The molecule has 1 heterocycles. The molecule has 1 aromatic heterocycles. The summed E-state index contributed by atoms with van der Waals surface area (Å²) in [5.41, 5.74) is 0.867. The van der Waals surface area contributed by atoms with Crippen LogP contribution in [0.15, 0.2) is 36.5 Å². The fraction of sp³-hybridized carbons (Fsp3) is 0.250. The van der Waals surface area contributed by atoms with Crippen molar-refractivity contribution in [2.75, 3.05) is 5.75 Å². The number of aromatic nitrogens is 1. The molecule has 17 heavy (non-hydrogen) atoms. The van der Waals surface area contributed by atoms with Crippen LogP contribution >= 0.6 is 0 Å². The molecule has 2 aromatic rings. The third kappa shape index (κ3) is 3.25. The maximum Gasteiger partial charge on any atom is 0.264 e. The molecule has 0 aliphatic rings.